The van der Waals surface area contributed by atoms with Gasteiger partial charge in [-0.3, -0.25) is 19.3 Å². The van der Waals surface area contributed by atoms with E-state index in [0.717, 1.165) is 12.0 Å². The van der Waals surface area contributed by atoms with Gasteiger partial charge in [0.2, 0.25) is 11.8 Å². The first kappa shape index (κ1) is 30.8. The molecule has 1 aromatic rings. The molecule has 5 fully saturated rings. The predicted octanol–water partition coefficient (Wildman–Crippen LogP) is 3.98. The number of hydrogen-bond donors (Lipinski definition) is 0. The summed E-state index contributed by atoms with van der Waals surface area (Å²) in [4.78, 5) is 57.9. The molecule has 3 atom stereocenters. The number of likely N-dealkylation sites (tertiary alicyclic amines) is 2. The lowest BCUT2D eigenvalue weighted by Gasteiger charge is -2.57. The molecule has 0 unspecified atom stereocenters. The molecule has 2 aliphatic heterocycles. The zero-order chi connectivity index (χ0) is 30.6. The third kappa shape index (κ3) is 6.34. The largest absolute Gasteiger partial charge is 0.466 e. The standard InChI is InChI=1S/C32H41FN4O6/c1-2-42-28(39)24-9-6-16-35(19-24)29(40)31-10-13-32(14-11-31,15-12-31)37(30(41)43-22-23-7-4-3-5-8-23)21-27(38)36-20-25(33)17-26(36)18-34/h3-5,7-8,24-26H,2,6,9-17,19-22H2,1H3/t24-,25-,26-,31?,32?/m0/s1. The SMILES string of the molecule is CCOC(=O)[C@H]1CCCN(C(=O)C23CCC(N(CC(=O)N4C[C@@H](F)C[C@H]4C#N)C(=O)OCc4ccccc4)(CC2)CC3)C1. The van der Waals surface area contributed by atoms with Crippen LogP contribution in [0.3, 0.4) is 0 Å². The van der Waals surface area contributed by atoms with Crippen LogP contribution in [0.4, 0.5) is 9.18 Å². The van der Waals surface area contributed by atoms with Crippen LogP contribution in [-0.2, 0) is 30.5 Å². The molecule has 0 spiro atoms. The van der Waals surface area contributed by atoms with Gasteiger partial charge in [-0.1, -0.05) is 30.3 Å². The zero-order valence-corrected chi connectivity index (χ0v) is 24.8. The second kappa shape index (κ2) is 12.9. The summed E-state index contributed by atoms with van der Waals surface area (Å²) in [6, 6.07) is 10.4. The molecule has 0 aromatic heterocycles. The summed E-state index contributed by atoms with van der Waals surface area (Å²) in [5.74, 6) is -0.983. The molecule has 0 N–H and O–H groups in total. The van der Waals surface area contributed by atoms with Crippen LogP contribution in [0.2, 0.25) is 0 Å². The van der Waals surface area contributed by atoms with E-state index >= 15 is 0 Å². The molecule has 10 nitrogen and oxygen atoms in total. The maximum atomic E-state index is 14.1. The Kier molecular flexibility index (Phi) is 9.23. The monoisotopic (exact) mass is 596 g/mol. The van der Waals surface area contributed by atoms with Crippen molar-refractivity contribution in [1.29, 1.82) is 5.26 Å². The van der Waals surface area contributed by atoms with E-state index in [-0.39, 0.29) is 43.9 Å². The molecule has 232 valence electrons. The van der Waals surface area contributed by atoms with Crippen molar-refractivity contribution >= 4 is 23.9 Å². The van der Waals surface area contributed by atoms with Gasteiger partial charge in [-0.15, -0.1) is 0 Å². The highest BCUT2D eigenvalue weighted by atomic mass is 19.1. The summed E-state index contributed by atoms with van der Waals surface area (Å²) in [7, 11) is 0. The van der Waals surface area contributed by atoms with Crippen molar-refractivity contribution in [1.82, 2.24) is 14.7 Å². The first-order valence-electron chi connectivity index (χ1n) is 15.5. The van der Waals surface area contributed by atoms with Gasteiger partial charge in [-0.2, -0.15) is 5.26 Å². The van der Waals surface area contributed by atoms with Gasteiger partial charge in [0.05, 0.1) is 25.1 Å². The highest BCUT2D eigenvalue weighted by Crippen LogP contribution is 2.56. The highest BCUT2D eigenvalue weighted by molar-refractivity contribution is 5.85. The van der Waals surface area contributed by atoms with Crippen LogP contribution >= 0.6 is 0 Å². The molecule has 2 saturated heterocycles. The fourth-order valence-corrected chi connectivity index (χ4v) is 7.47. The summed E-state index contributed by atoms with van der Waals surface area (Å²) in [6.07, 6.45) is 2.75. The summed E-state index contributed by atoms with van der Waals surface area (Å²) in [5, 5.41) is 9.49. The molecule has 3 saturated carbocycles. The van der Waals surface area contributed by atoms with Crippen LogP contribution in [0.15, 0.2) is 30.3 Å². The van der Waals surface area contributed by atoms with Gasteiger partial charge in [0.25, 0.3) is 0 Å². The number of fused-ring (bicyclic) bond motifs is 3. The Labute approximate surface area is 252 Å². The number of ether oxygens (including phenoxy) is 2. The molecule has 1 aromatic carbocycles. The molecular formula is C32H41FN4O6. The number of amides is 3. The lowest BCUT2D eigenvalue weighted by atomic mass is 9.56. The molecule has 2 bridgehead atoms. The van der Waals surface area contributed by atoms with E-state index in [4.69, 9.17) is 9.47 Å². The van der Waals surface area contributed by atoms with Crippen LogP contribution in [0, 0.1) is 22.7 Å². The fraction of sp³-hybridized carbons (Fsp3) is 0.656. The number of benzene rings is 1. The van der Waals surface area contributed by atoms with Crippen molar-refractivity contribution in [3.05, 3.63) is 35.9 Å². The molecule has 0 radical (unpaired) electrons. The first-order chi connectivity index (χ1) is 20.7. The average Bonchev–Trinajstić information content (AvgIpc) is 3.44. The lowest BCUT2D eigenvalue weighted by Crippen LogP contribution is -2.63. The van der Waals surface area contributed by atoms with E-state index in [9.17, 15) is 28.8 Å². The number of nitriles is 1. The highest BCUT2D eigenvalue weighted by Gasteiger charge is 2.57. The van der Waals surface area contributed by atoms with E-state index in [0.29, 0.717) is 64.6 Å². The Morgan fingerprint density at radius 3 is 2.40 bits per heavy atom. The maximum absolute atomic E-state index is 14.1. The first-order valence-corrected chi connectivity index (χ1v) is 15.5. The lowest BCUT2D eigenvalue weighted by molar-refractivity contribution is -0.159. The Hall–Kier alpha value is -3.68. The van der Waals surface area contributed by atoms with E-state index in [1.54, 1.807) is 6.92 Å². The number of esters is 1. The Balaban J connectivity index is 1.30. The minimum Gasteiger partial charge on any atom is -0.466 e. The third-order valence-electron chi connectivity index (χ3n) is 10.00. The molecule has 2 heterocycles. The third-order valence-corrected chi connectivity index (χ3v) is 10.00. The second-order valence-corrected chi connectivity index (χ2v) is 12.5. The number of carbonyl (C=O) groups excluding carboxylic acids is 4. The van der Waals surface area contributed by atoms with Crippen molar-refractivity contribution in [2.45, 2.75) is 89.1 Å². The summed E-state index contributed by atoms with van der Waals surface area (Å²) in [6.45, 7) is 2.62. The summed E-state index contributed by atoms with van der Waals surface area (Å²) < 4.78 is 25.1. The molecule has 5 aliphatic rings. The van der Waals surface area contributed by atoms with Crippen molar-refractivity contribution in [3.63, 3.8) is 0 Å². The van der Waals surface area contributed by atoms with Crippen LogP contribution in [0.5, 0.6) is 0 Å². The van der Waals surface area contributed by atoms with Gasteiger partial charge in [0.1, 0.15) is 25.4 Å². The van der Waals surface area contributed by atoms with E-state index in [1.165, 1.54) is 9.80 Å². The van der Waals surface area contributed by atoms with Crippen molar-refractivity contribution < 1.29 is 33.0 Å². The normalized spacial score (nSPS) is 29.9. The Bertz CT molecular complexity index is 1230. The van der Waals surface area contributed by atoms with Crippen molar-refractivity contribution in [3.8, 4) is 6.07 Å². The fourth-order valence-electron chi connectivity index (χ4n) is 7.47. The minimum atomic E-state index is -1.28. The second-order valence-electron chi connectivity index (χ2n) is 12.5. The number of piperidine rings is 1. The van der Waals surface area contributed by atoms with Gasteiger partial charge in [0.15, 0.2) is 0 Å². The van der Waals surface area contributed by atoms with Crippen LogP contribution in [0.25, 0.3) is 0 Å². The van der Waals surface area contributed by atoms with Gasteiger partial charge in [-0.05, 0) is 63.9 Å². The predicted molar refractivity (Wildman–Crippen MR) is 153 cm³/mol. The molecule has 3 amide bonds. The molecular weight excluding hydrogens is 555 g/mol. The summed E-state index contributed by atoms with van der Waals surface area (Å²) in [5.41, 5.74) is -0.439. The van der Waals surface area contributed by atoms with Crippen molar-refractivity contribution in [2.24, 2.45) is 11.3 Å². The van der Waals surface area contributed by atoms with Gasteiger partial charge in [-0.25, -0.2) is 9.18 Å². The van der Waals surface area contributed by atoms with E-state index < -0.39 is 35.2 Å². The van der Waals surface area contributed by atoms with Crippen LogP contribution in [0.1, 0.15) is 70.3 Å². The van der Waals surface area contributed by atoms with Crippen LogP contribution < -0.4 is 0 Å². The molecule has 6 rings (SSSR count). The van der Waals surface area contributed by atoms with E-state index in [1.807, 2.05) is 41.3 Å². The van der Waals surface area contributed by atoms with Crippen molar-refractivity contribution in [2.75, 3.05) is 32.8 Å². The van der Waals surface area contributed by atoms with Gasteiger partial charge < -0.3 is 19.3 Å². The van der Waals surface area contributed by atoms with Crippen LogP contribution in [-0.4, -0.2) is 89.1 Å². The smallest absolute Gasteiger partial charge is 0.411 e. The molecule has 3 aliphatic carbocycles. The average molecular weight is 597 g/mol. The Morgan fingerprint density at radius 1 is 1.05 bits per heavy atom. The number of alkyl halides is 1. The Morgan fingerprint density at radius 2 is 1.74 bits per heavy atom. The number of hydrogen-bond acceptors (Lipinski definition) is 7. The molecule has 11 heteroatoms. The maximum Gasteiger partial charge on any atom is 0.411 e. The van der Waals surface area contributed by atoms with Gasteiger partial charge >= 0.3 is 12.1 Å². The number of halogens is 1. The zero-order valence-electron chi connectivity index (χ0n) is 24.8. The van der Waals surface area contributed by atoms with Gasteiger partial charge in [0, 0.05) is 30.5 Å². The quantitative estimate of drug-likeness (QED) is 0.416. The number of rotatable bonds is 8. The topological polar surface area (TPSA) is 120 Å². The number of nitrogens with zero attached hydrogens (tertiary/aromatic N) is 4. The number of carbonyl (C=O) groups is 4. The van der Waals surface area contributed by atoms with E-state index in [2.05, 4.69) is 0 Å². The molecule has 43 heavy (non-hydrogen) atoms. The summed E-state index contributed by atoms with van der Waals surface area (Å²) >= 11 is 0. The minimum absolute atomic E-state index is 0.0377.